The summed E-state index contributed by atoms with van der Waals surface area (Å²) in [6.45, 7) is 0.996. The maximum atomic E-state index is 12.8. The van der Waals surface area contributed by atoms with Crippen molar-refractivity contribution in [3.05, 3.63) is 34.9 Å². The molecule has 9 nitrogen and oxygen atoms in total. The van der Waals surface area contributed by atoms with Crippen LogP contribution in [0, 0.1) is 0 Å². The highest BCUT2D eigenvalue weighted by atomic mass is 16.3. The minimum Gasteiger partial charge on any atom is -0.390 e. The number of nitrogens with two attached hydrogens (primary N) is 1. The maximum absolute atomic E-state index is 12.8. The summed E-state index contributed by atoms with van der Waals surface area (Å²) in [4.78, 5) is 51.6. The van der Waals surface area contributed by atoms with Gasteiger partial charge in [-0.2, -0.15) is 0 Å². The summed E-state index contributed by atoms with van der Waals surface area (Å²) in [5, 5.41) is 11.8. The van der Waals surface area contributed by atoms with E-state index >= 15 is 0 Å². The van der Waals surface area contributed by atoms with Gasteiger partial charge in [-0.05, 0) is 31.2 Å². The quantitative estimate of drug-likeness (QED) is 0.535. The molecular weight excluding hydrogens is 352 g/mol. The van der Waals surface area contributed by atoms with Crippen molar-refractivity contribution in [2.45, 2.75) is 31.5 Å². The van der Waals surface area contributed by atoms with Crippen LogP contribution in [-0.2, 0) is 16.1 Å². The monoisotopic (exact) mass is 374 g/mol. The zero-order valence-corrected chi connectivity index (χ0v) is 15.0. The lowest BCUT2D eigenvalue weighted by Crippen LogP contribution is -2.54. The first-order chi connectivity index (χ1) is 12.8. The highest BCUT2D eigenvalue weighted by Gasteiger charge is 2.44. The van der Waals surface area contributed by atoms with Crippen molar-refractivity contribution in [2.75, 3.05) is 20.1 Å². The lowest BCUT2D eigenvalue weighted by atomic mass is 10.0. The second kappa shape index (κ2) is 7.55. The van der Waals surface area contributed by atoms with Crippen LogP contribution in [0.3, 0.4) is 0 Å². The number of nitrogens with zero attached hydrogens (tertiary/aromatic N) is 2. The molecular formula is C18H22N4O5. The number of rotatable bonds is 6. The molecule has 2 aliphatic heterocycles. The third-order valence-corrected chi connectivity index (χ3v) is 4.75. The van der Waals surface area contributed by atoms with Crippen LogP contribution < -0.4 is 11.1 Å². The summed E-state index contributed by atoms with van der Waals surface area (Å²) in [6.07, 6.45) is -0.429. The minimum atomic E-state index is -0.971. The van der Waals surface area contributed by atoms with E-state index in [1.807, 2.05) is 11.9 Å². The van der Waals surface area contributed by atoms with Crippen LogP contribution in [0.15, 0.2) is 18.2 Å². The summed E-state index contributed by atoms with van der Waals surface area (Å²) >= 11 is 0. The number of fused-ring (bicyclic) bond motifs is 1. The van der Waals surface area contributed by atoms with E-state index in [1.54, 1.807) is 18.2 Å². The molecule has 2 aliphatic rings. The van der Waals surface area contributed by atoms with E-state index in [2.05, 4.69) is 5.32 Å². The van der Waals surface area contributed by atoms with Crippen molar-refractivity contribution in [1.82, 2.24) is 15.1 Å². The topological polar surface area (TPSA) is 133 Å². The SMILES string of the molecule is CN(Cc1ccc2c(c1)C(=O)N(C1CCC(=O)NC1=O)C2=O)CC(O)CN. The van der Waals surface area contributed by atoms with Gasteiger partial charge in [0.1, 0.15) is 6.04 Å². The molecule has 0 radical (unpaired) electrons. The van der Waals surface area contributed by atoms with Gasteiger partial charge in [-0.15, -0.1) is 0 Å². The molecule has 0 aliphatic carbocycles. The van der Waals surface area contributed by atoms with E-state index in [-0.39, 0.29) is 30.5 Å². The molecule has 144 valence electrons. The zero-order valence-electron chi connectivity index (χ0n) is 15.0. The highest BCUT2D eigenvalue weighted by Crippen LogP contribution is 2.28. The van der Waals surface area contributed by atoms with Gasteiger partial charge in [0, 0.05) is 26.1 Å². The van der Waals surface area contributed by atoms with E-state index < -0.39 is 35.8 Å². The first-order valence-electron chi connectivity index (χ1n) is 8.73. The zero-order chi connectivity index (χ0) is 19.7. The van der Waals surface area contributed by atoms with Crippen molar-refractivity contribution in [3.8, 4) is 0 Å². The third kappa shape index (κ3) is 3.75. The molecule has 9 heteroatoms. The molecule has 2 unspecified atom stereocenters. The number of nitrogens with one attached hydrogen (secondary N) is 1. The minimum absolute atomic E-state index is 0.0866. The van der Waals surface area contributed by atoms with Gasteiger partial charge in [0.25, 0.3) is 11.8 Å². The van der Waals surface area contributed by atoms with Gasteiger partial charge in [-0.1, -0.05) is 6.07 Å². The van der Waals surface area contributed by atoms with Crippen molar-refractivity contribution < 1.29 is 24.3 Å². The van der Waals surface area contributed by atoms with E-state index in [1.165, 1.54) is 0 Å². The fourth-order valence-electron chi connectivity index (χ4n) is 3.43. The molecule has 2 atom stereocenters. The Kier molecular flexibility index (Phi) is 5.36. The van der Waals surface area contributed by atoms with Crippen LogP contribution in [0.5, 0.6) is 0 Å². The van der Waals surface area contributed by atoms with Gasteiger partial charge in [0.15, 0.2) is 0 Å². The highest BCUT2D eigenvalue weighted by molar-refractivity contribution is 6.23. The Hall–Kier alpha value is -2.62. The standard InChI is InChI=1S/C18H22N4O5/c1-21(9-11(23)7-19)8-10-2-3-12-13(6-10)18(27)22(17(12)26)14-4-5-15(24)20-16(14)25/h2-3,6,11,14,23H,4-5,7-9,19H2,1H3,(H,20,24,25). The number of imide groups is 2. The Bertz CT molecular complexity index is 809. The molecule has 0 aromatic heterocycles. The van der Waals surface area contributed by atoms with Crippen LogP contribution in [0.4, 0.5) is 0 Å². The van der Waals surface area contributed by atoms with Crippen LogP contribution in [-0.4, -0.2) is 70.8 Å². The van der Waals surface area contributed by atoms with E-state index in [9.17, 15) is 24.3 Å². The first kappa shape index (κ1) is 19.2. The Morgan fingerprint density at radius 3 is 2.63 bits per heavy atom. The second-order valence-corrected chi connectivity index (χ2v) is 6.91. The largest absolute Gasteiger partial charge is 0.390 e. The van der Waals surface area contributed by atoms with E-state index in [4.69, 9.17) is 5.73 Å². The Balaban J connectivity index is 1.78. The lowest BCUT2D eigenvalue weighted by molar-refractivity contribution is -0.136. The Morgan fingerprint density at radius 2 is 1.96 bits per heavy atom. The maximum Gasteiger partial charge on any atom is 0.262 e. The van der Waals surface area contributed by atoms with Crippen molar-refractivity contribution in [1.29, 1.82) is 0 Å². The lowest BCUT2D eigenvalue weighted by Gasteiger charge is -2.27. The van der Waals surface area contributed by atoms with Gasteiger partial charge in [-0.3, -0.25) is 34.3 Å². The molecule has 4 N–H and O–H groups in total. The van der Waals surface area contributed by atoms with Gasteiger partial charge >= 0.3 is 0 Å². The van der Waals surface area contributed by atoms with Crippen LogP contribution in [0.25, 0.3) is 0 Å². The van der Waals surface area contributed by atoms with Crippen molar-refractivity contribution >= 4 is 23.6 Å². The number of hydrogen-bond acceptors (Lipinski definition) is 7. The molecule has 4 amide bonds. The third-order valence-electron chi connectivity index (χ3n) is 4.75. The van der Waals surface area contributed by atoms with E-state index in [0.29, 0.717) is 13.1 Å². The molecule has 3 rings (SSSR count). The summed E-state index contributed by atoms with van der Waals surface area (Å²) in [7, 11) is 1.81. The summed E-state index contributed by atoms with van der Waals surface area (Å²) in [5.74, 6) is -2.09. The predicted molar refractivity (Wildman–Crippen MR) is 94.5 cm³/mol. The number of aliphatic hydroxyl groups excluding tert-OH is 1. The Labute approximate surface area is 156 Å². The van der Waals surface area contributed by atoms with Gasteiger partial charge in [0.2, 0.25) is 11.8 Å². The van der Waals surface area contributed by atoms with Crippen LogP contribution in [0.2, 0.25) is 0 Å². The number of carbonyl (C=O) groups excluding carboxylic acids is 4. The molecule has 0 bridgehead atoms. The molecule has 1 aromatic carbocycles. The summed E-state index contributed by atoms with van der Waals surface area (Å²) in [5.41, 5.74) is 6.70. The molecule has 0 spiro atoms. The van der Waals surface area contributed by atoms with E-state index in [0.717, 1.165) is 10.5 Å². The number of aliphatic hydroxyl groups is 1. The van der Waals surface area contributed by atoms with Gasteiger partial charge in [-0.25, -0.2) is 0 Å². The second-order valence-electron chi connectivity index (χ2n) is 6.91. The smallest absolute Gasteiger partial charge is 0.262 e. The Morgan fingerprint density at radius 1 is 1.26 bits per heavy atom. The fraction of sp³-hybridized carbons (Fsp3) is 0.444. The molecule has 0 saturated carbocycles. The number of amides is 4. The van der Waals surface area contributed by atoms with Gasteiger partial charge < -0.3 is 10.8 Å². The molecule has 1 aromatic rings. The first-order valence-corrected chi connectivity index (χ1v) is 8.73. The number of carbonyl (C=O) groups is 4. The average molecular weight is 374 g/mol. The normalized spacial score (nSPS) is 20.9. The number of hydrogen-bond donors (Lipinski definition) is 3. The molecule has 1 saturated heterocycles. The molecule has 1 fully saturated rings. The van der Waals surface area contributed by atoms with Crippen LogP contribution >= 0.6 is 0 Å². The van der Waals surface area contributed by atoms with Crippen LogP contribution in [0.1, 0.15) is 39.1 Å². The fourth-order valence-corrected chi connectivity index (χ4v) is 3.43. The molecule has 27 heavy (non-hydrogen) atoms. The van der Waals surface area contributed by atoms with Crippen molar-refractivity contribution in [2.24, 2.45) is 5.73 Å². The predicted octanol–water partition coefficient (Wildman–Crippen LogP) is -1.16. The number of piperidine rings is 1. The van der Waals surface area contributed by atoms with Crippen molar-refractivity contribution in [3.63, 3.8) is 0 Å². The van der Waals surface area contributed by atoms with Gasteiger partial charge in [0.05, 0.1) is 17.2 Å². The summed E-state index contributed by atoms with van der Waals surface area (Å²) in [6, 6.07) is 3.97. The number of likely N-dealkylation sites (N-methyl/N-ethyl adjacent to an activating group) is 1. The summed E-state index contributed by atoms with van der Waals surface area (Å²) < 4.78 is 0. The average Bonchev–Trinajstić information content (AvgIpc) is 2.86. The number of benzene rings is 1. The molecule has 2 heterocycles.